The molecule has 0 aliphatic heterocycles. The summed E-state index contributed by atoms with van der Waals surface area (Å²) in [6.45, 7) is 4.92. The van der Waals surface area contributed by atoms with Crippen LogP contribution < -0.4 is 5.56 Å². The molecule has 126 valence electrons. The Morgan fingerprint density at radius 1 is 1.25 bits per heavy atom. The van der Waals surface area contributed by atoms with E-state index in [2.05, 4.69) is 5.10 Å². The Bertz CT molecular complexity index is 900. The maximum absolute atomic E-state index is 13.3. The summed E-state index contributed by atoms with van der Waals surface area (Å²) in [6, 6.07) is 4.30. The molecule has 2 rings (SSSR count). The molecule has 1 heterocycles. The molecule has 0 spiro atoms. The maximum Gasteiger partial charge on any atom is 0.341 e. The highest BCUT2D eigenvalue weighted by molar-refractivity contribution is 6.30. The standard InChI is InChI=1S/C16H14ClFN2O4/c1-16(2,3)13(21)12-7-9(15(23)24)14(22)20(19-12)8-4-5-11(18)10(17)6-8/h4-7H,1-3H3,(H,23,24). The number of ketones is 1. The van der Waals surface area contributed by atoms with Crippen molar-refractivity contribution in [2.24, 2.45) is 5.41 Å². The minimum Gasteiger partial charge on any atom is -0.477 e. The predicted molar refractivity (Wildman–Crippen MR) is 85.5 cm³/mol. The van der Waals surface area contributed by atoms with Crippen LogP contribution in [0.25, 0.3) is 5.69 Å². The van der Waals surface area contributed by atoms with Crippen LogP contribution in [-0.4, -0.2) is 26.6 Å². The van der Waals surface area contributed by atoms with Crippen LogP contribution in [0.5, 0.6) is 0 Å². The molecule has 0 amide bonds. The molecular weight excluding hydrogens is 339 g/mol. The fourth-order valence-corrected chi connectivity index (χ4v) is 2.11. The highest BCUT2D eigenvalue weighted by Crippen LogP contribution is 2.21. The van der Waals surface area contributed by atoms with Crippen LogP contribution in [0.15, 0.2) is 29.1 Å². The SMILES string of the molecule is CC(C)(C)C(=O)c1cc(C(=O)O)c(=O)n(-c2ccc(F)c(Cl)c2)n1. The monoisotopic (exact) mass is 352 g/mol. The van der Waals surface area contributed by atoms with Gasteiger partial charge in [0.05, 0.1) is 10.7 Å². The van der Waals surface area contributed by atoms with Gasteiger partial charge in [0.2, 0.25) is 0 Å². The number of carboxylic acids is 1. The second-order valence-electron chi connectivity index (χ2n) is 6.14. The highest BCUT2D eigenvalue weighted by Gasteiger charge is 2.27. The molecule has 1 N–H and O–H groups in total. The summed E-state index contributed by atoms with van der Waals surface area (Å²) in [4.78, 5) is 36.0. The topological polar surface area (TPSA) is 89.3 Å². The number of aromatic nitrogens is 2. The van der Waals surface area contributed by atoms with E-state index in [1.54, 1.807) is 20.8 Å². The summed E-state index contributed by atoms with van der Waals surface area (Å²) in [7, 11) is 0. The molecule has 0 bridgehead atoms. The van der Waals surface area contributed by atoms with Crippen molar-refractivity contribution in [1.82, 2.24) is 9.78 Å². The Morgan fingerprint density at radius 3 is 2.38 bits per heavy atom. The Hall–Kier alpha value is -2.54. The van der Waals surface area contributed by atoms with Gasteiger partial charge in [0.25, 0.3) is 5.56 Å². The molecule has 1 aromatic carbocycles. The second-order valence-corrected chi connectivity index (χ2v) is 6.55. The molecule has 0 saturated heterocycles. The number of carboxylic acid groups (broad SMARTS) is 1. The van der Waals surface area contributed by atoms with Gasteiger partial charge in [-0.15, -0.1) is 0 Å². The largest absolute Gasteiger partial charge is 0.477 e. The number of halogens is 2. The molecule has 8 heteroatoms. The molecule has 2 aromatic rings. The molecule has 1 aromatic heterocycles. The van der Waals surface area contributed by atoms with E-state index in [1.807, 2.05) is 0 Å². The lowest BCUT2D eigenvalue weighted by Gasteiger charge is -2.17. The van der Waals surface area contributed by atoms with Crippen molar-refractivity contribution in [2.45, 2.75) is 20.8 Å². The second kappa shape index (κ2) is 6.16. The van der Waals surface area contributed by atoms with Gasteiger partial charge in [-0.2, -0.15) is 9.78 Å². The molecule has 0 fully saturated rings. The van der Waals surface area contributed by atoms with E-state index in [-0.39, 0.29) is 16.4 Å². The third-order valence-corrected chi connectivity index (χ3v) is 3.49. The van der Waals surface area contributed by atoms with Gasteiger partial charge in [0, 0.05) is 5.41 Å². The van der Waals surface area contributed by atoms with Crippen molar-refractivity contribution in [3.05, 3.63) is 56.7 Å². The summed E-state index contributed by atoms with van der Waals surface area (Å²) in [6.07, 6.45) is 0. The molecule has 0 aliphatic carbocycles. The number of carbonyl (C=O) groups excluding carboxylic acids is 1. The number of rotatable bonds is 3. The maximum atomic E-state index is 13.3. The molecule has 0 aliphatic rings. The van der Waals surface area contributed by atoms with Crippen molar-refractivity contribution in [3.8, 4) is 5.69 Å². The molecule has 0 saturated carbocycles. The average molecular weight is 353 g/mol. The number of aromatic carboxylic acids is 1. The number of benzene rings is 1. The average Bonchev–Trinajstić information content (AvgIpc) is 2.48. The van der Waals surface area contributed by atoms with Crippen molar-refractivity contribution in [3.63, 3.8) is 0 Å². The lowest BCUT2D eigenvalue weighted by molar-refractivity contribution is 0.0694. The van der Waals surface area contributed by atoms with Crippen molar-refractivity contribution in [2.75, 3.05) is 0 Å². The van der Waals surface area contributed by atoms with E-state index in [4.69, 9.17) is 11.6 Å². The highest BCUT2D eigenvalue weighted by atomic mass is 35.5. The molecular formula is C16H14ClFN2O4. The third-order valence-electron chi connectivity index (χ3n) is 3.20. The lowest BCUT2D eigenvalue weighted by Crippen LogP contribution is -2.31. The first-order valence-corrected chi connectivity index (χ1v) is 7.28. The van der Waals surface area contributed by atoms with Gasteiger partial charge in [-0.1, -0.05) is 32.4 Å². The van der Waals surface area contributed by atoms with Crippen LogP contribution in [-0.2, 0) is 0 Å². The summed E-state index contributed by atoms with van der Waals surface area (Å²) < 4.78 is 14.0. The van der Waals surface area contributed by atoms with Gasteiger partial charge in [-0.25, -0.2) is 9.18 Å². The molecule has 0 atom stereocenters. The van der Waals surface area contributed by atoms with Gasteiger partial charge in [-0.05, 0) is 24.3 Å². The van der Waals surface area contributed by atoms with Crippen molar-refractivity contribution < 1.29 is 19.1 Å². The Kier molecular flexibility index (Phi) is 4.57. The summed E-state index contributed by atoms with van der Waals surface area (Å²) in [5.74, 6) is -2.63. The van der Waals surface area contributed by atoms with Crippen LogP contribution in [0.1, 0.15) is 41.6 Å². The van der Waals surface area contributed by atoms with E-state index >= 15 is 0 Å². The predicted octanol–water partition coefficient (Wildman–Crippen LogP) is 2.95. The zero-order valence-electron chi connectivity index (χ0n) is 13.1. The van der Waals surface area contributed by atoms with Crippen molar-refractivity contribution in [1.29, 1.82) is 0 Å². The summed E-state index contributed by atoms with van der Waals surface area (Å²) in [5.41, 5.74) is -2.52. The number of hydrogen-bond donors (Lipinski definition) is 1. The number of carbonyl (C=O) groups is 2. The zero-order chi connectivity index (χ0) is 18.2. The van der Waals surface area contributed by atoms with E-state index in [0.29, 0.717) is 0 Å². The molecule has 6 nitrogen and oxygen atoms in total. The normalized spacial score (nSPS) is 11.4. The molecule has 0 radical (unpaired) electrons. The van der Waals surface area contributed by atoms with Gasteiger partial charge >= 0.3 is 5.97 Å². The first kappa shape index (κ1) is 17.8. The molecule has 0 unspecified atom stereocenters. The van der Waals surface area contributed by atoms with Crippen LogP contribution in [0.4, 0.5) is 4.39 Å². The van der Waals surface area contributed by atoms with Crippen LogP contribution >= 0.6 is 11.6 Å². The van der Waals surface area contributed by atoms with Crippen LogP contribution in [0, 0.1) is 11.2 Å². The summed E-state index contributed by atoms with van der Waals surface area (Å²) >= 11 is 5.69. The van der Waals surface area contributed by atoms with Crippen molar-refractivity contribution >= 4 is 23.4 Å². The Labute approximate surface area is 141 Å². The number of hydrogen-bond acceptors (Lipinski definition) is 4. The number of Topliss-reactive ketones (excluding diaryl/α,β-unsaturated/α-hetero) is 1. The Morgan fingerprint density at radius 2 is 1.88 bits per heavy atom. The number of nitrogens with zero attached hydrogens (tertiary/aromatic N) is 2. The van der Waals surface area contributed by atoms with Gasteiger partial charge in [0.1, 0.15) is 17.1 Å². The van der Waals surface area contributed by atoms with E-state index < -0.39 is 34.1 Å². The summed E-state index contributed by atoms with van der Waals surface area (Å²) in [5, 5.41) is 12.9. The smallest absolute Gasteiger partial charge is 0.341 e. The Balaban J connectivity index is 2.77. The molecule has 24 heavy (non-hydrogen) atoms. The first-order chi connectivity index (χ1) is 11.0. The minimum absolute atomic E-state index is 0.0532. The fraction of sp³-hybridized carbons (Fsp3) is 0.250. The lowest BCUT2D eigenvalue weighted by atomic mass is 9.88. The van der Waals surface area contributed by atoms with Crippen LogP contribution in [0.2, 0.25) is 5.02 Å². The van der Waals surface area contributed by atoms with E-state index in [1.165, 1.54) is 6.07 Å². The fourth-order valence-electron chi connectivity index (χ4n) is 1.93. The van der Waals surface area contributed by atoms with Gasteiger partial charge < -0.3 is 5.11 Å². The zero-order valence-corrected chi connectivity index (χ0v) is 13.9. The van der Waals surface area contributed by atoms with Gasteiger partial charge in [-0.3, -0.25) is 9.59 Å². The first-order valence-electron chi connectivity index (χ1n) is 6.90. The minimum atomic E-state index is -1.49. The van der Waals surface area contributed by atoms with E-state index in [9.17, 15) is 23.9 Å². The van der Waals surface area contributed by atoms with Gasteiger partial charge in [0.15, 0.2) is 5.78 Å². The van der Waals surface area contributed by atoms with Crippen LogP contribution in [0.3, 0.4) is 0 Å². The quantitative estimate of drug-likeness (QED) is 0.858. The third kappa shape index (κ3) is 3.35. The van der Waals surface area contributed by atoms with E-state index in [0.717, 1.165) is 22.9 Å².